The number of aromatic nitrogens is 1. The van der Waals surface area contributed by atoms with E-state index in [1.165, 1.54) is 11.1 Å². The number of hydrogen-bond acceptors (Lipinski definition) is 3. The topological polar surface area (TPSA) is 38.1 Å². The lowest BCUT2D eigenvalue weighted by Gasteiger charge is -2.16. The minimum absolute atomic E-state index is 0.302. The lowest BCUT2D eigenvalue weighted by Crippen LogP contribution is -2.22. The number of nitrogens with one attached hydrogen (secondary N) is 1. The molecule has 2 aromatic heterocycles. The number of hydrogen-bond donors (Lipinski definition) is 1. The number of furan rings is 1. The molecule has 0 aliphatic rings. The van der Waals surface area contributed by atoms with Crippen LogP contribution >= 0.6 is 0 Å². The zero-order chi connectivity index (χ0) is 11.2. The molecule has 84 valence electrons. The van der Waals surface area contributed by atoms with Gasteiger partial charge in [-0.25, -0.2) is 0 Å². The van der Waals surface area contributed by atoms with E-state index in [0.717, 1.165) is 13.0 Å². The lowest BCUT2D eigenvalue weighted by atomic mass is 10.0. The molecule has 2 rings (SSSR count). The molecule has 0 radical (unpaired) electrons. The average molecular weight is 216 g/mol. The minimum Gasteiger partial charge on any atom is -0.472 e. The molecular weight excluding hydrogens is 200 g/mol. The SMILES string of the molecule is CCNC(Cc1ccoc1)c1cccnc1. The van der Waals surface area contributed by atoms with Crippen molar-refractivity contribution in [2.45, 2.75) is 19.4 Å². The molecule has 0 spiro atoms. The molecule has 0 aliphatic heterocycles. The third kappa shape index (κ3) is 2.70. The van der Waals surface area contributed by atoms with Crippen molar-refractivity contribution >= 4 is 0 Å². The Morgan fingerprint density at radius 1 is 1.44 bits per heavy atom. The van der Waals surface area contributed by atoms with Crippen molar-refractivity contribution in [1.82, 2.24) is 10.3 Å². The monoisotopic (exact) mass is 216 g/mol. The Labute approximate surface area is 95.5 Å². The Balaban J connectivity index is 2.11. The van der Waals surface area contributed by atoms with Crippen LogP contribution in [0.2, 0.25) is 0 Å². The van der Waals surface area contributed by atoms with E-state index in [1.807, 2.05) is 18.3 Å². The van der Waals surface area contributed by atoms with Gasteiger partial charge in [0.25, 0.3) is 0 Å². The van der Waals surface area contributed by atoms with E-state index in [0.29, 0.717) is 6.04 Å². The van der Waals surface area contributed by atoms with E-state index in [1.54, 1.807) is 18.7 Å². The summed E-state index contributed by atoms with van der Waals surface area (Å²) in [6.45, 7) is 3.05. The van der Waals surface area contributed by atoms with Gasteiger partial charge in [0.1, 0.15) is 0 Å². The summed E-state index contributed by atoms with van der Waals surface area (Å²) in [6.07, 6.45) is 8.14. The molecule has 0 amide bonds. The van der Waals surface area contributed by atoms with Gasteiger partial charge in [-0.3, -0.25) is 4.98 Å². The van der Waals surface area contributed by atoms with Gasteiger partial charge in [-0.2, -0.15) is 0 Å². The largest absolute Gasteiger partial charge is 0.472 e. The fraction of sp³-hybridized carbons (Fsp3) is 0.308. The van der Waals surface area contributed by atoms with Crippen LogP contribution in [0, 0.1) is 0 Å². The van der Waals surface area contributed by atoms with Gasteiger partial charge in [0.2, 0.25) is 0 Å². The maximum atomic E-state index is 5.09. The highest BCUT2D eigenvalue weighted by molar-refractivity contribution is 5.18. The van der Waals surface area contributed by atoms with Crippen molar-refractivity contribution in [3.63, 3.8) is 0 Å². The van der Waals surface area contributed by atoms with Crippen molar-refractivity contribution in [3.05, 3.63) is 54.2 Å². The summed E-state index contributed by atoms with van der Waals surface area (Å²) >= 11 is 0. The fourth-order valence-corrected chi connectivity index (χ4v) is 1.78. The van der Waals surface area contributed by atoms with Gasteiger partial charge in [-0.1, -0.05) is 13.0 Å². The Morgan fingerprint density at radius 3 is 3.00 bits per heavy atom. The molecule has 0 aromatic carbocycles. The summed E-state index contributed by atoms with van der Waals surface area (Å²) in [4.78, 5) is 4.15. The Morgan fingerprint density at radius 2 is 2.38 bits per heavy atom. The van der Waals surface area contributed by atoms with Crippen molar-refractivity contribution in [3.8, 4) is 0 Å². The molecule has 3 heteroatoms. The number of rotatable bonds is 5. The van der Waals surface area contributed by atoms with E-state index in [4.69, 9.17) is 4.42 Å². The predicted molar refractivity (Wildman–Crippen MR) is 63.1 cm³/mol. The number of nitrogens with zero attached hydrogens (tertiary/aromatic N) is 1. The van der Waals surface area contributed by atoms with Gasteiger partial charge in [0.15, 0.2) is 0 Å². The lowest BCUT2D eigenvalue weighted by molar-refractivity contribution is 0.534. The molecule has 0 bridgehead atoms. The predicted octanol–water partition coefficient (Wildman–Crippen LogP) is 2.57. The molecule has 1 unspecified atom stereocenters. The Hall–Kier alpha value is -1.61. The van der Waals surface area contributed by atoms with Gasteiger partial charge < -0.3 is 9.73 Å². The Kier molecular flexibility index (Phi) is 3.72. The normalized spacial score (nSPS) is 12.6. The second kappa shape index (κ2) is 5.47. The van der Waals surface area contributed by atoms with E-state index in [2.05, 4.69) is 23.3 Å². The highest BCUT2D eigenvalue weighted by Gasteiger charge is 2.11. The molecule has 0 fully saturated rings. The van der Waals surface area contributed by atoms with Crippen molar-refractivity contribution in [2.75, 3.05) is 6.54 Å². The number of likely N-dealkylation sites (N-methyl/N-ethyl adjacent to an activating group) is 1. The van der Waals surface area contributed by atoms with Gasteiger partial charge in [0, 0.05) is 18.4 Å². The van der Waals surface area contributed by atoms with Gasteiger partial charge in [0.05, 0.1) is 12.5 Å². The minimum atomic E-state index is 0.302. The van der Waals surface area contributed by atoms with Crippen LogP contribution in [0.1, 0.15) is 24.1 Å². The maximum absolute atomic E-state index is 5.09. The smallest absolute Gasteiger partial charge is 0.0935 e. The van der Waals surface area contributed by atoms with Gasteiger partial charge in [-0.05, 0) is 36.2 Å². The van der Waals surface area contributed by atoms with Gasteiger partial charge >= 0.3 is 0 Å². The molecule has 1 N–H and O–H groups in total. The molecule has 3 nitrogen and oxygen atoms in total. The van der Waals surface area contributed by atoms with Crippen LogP contribution in [0.3, 0.4) is 0 Å². The van der Waals surface area contributed by atoms with Crippen molar-refractivity contribution in [2.24, 2.45) is 0 Å². The fourth-order valence-electron chi connectivity index (χ4n) is 1.78. The molecular formula is C13H16N2O. The van der Waals surface area contributed by atoms with Crippen LogP contribution in [0.25, 0.3) is 0 Å². The van der Waals surface area contributed by atoms with E-state index in [-0.39, 0.29) is 0 Å². The van der Waals surface area contributed by atoms with Crippen molar-refractivity contribution < 1.29 is 4.42 Å². The first kappa shape index (κ1) is 10.9. The zero-order valence-electron chi connectivity index (χ0n) is 9.39. The first-order valence-electron chi connectivity index (χ1n) is 5.54. The Bertz CT molecular complexity index is 397. The molecule has 2 aromatic rings. The molecule has 0 saturated heterocycles. The third-order valence-electron chi connectivity index (χ3n) is 2.56. The summed E-state index contributed by atoms with van der Waals surface area (Å²) in [5.41, 5.74) is 2.42. The van der Waals surface area contributed by atoms with Crippen LogP contribution in [0.5, 0.6) is 0 Å². The molecule has 16 heavy (non-hydrogen) atoms. The summed E-state index contributed by atoms with van der Waals surface area (Å²) < 4.78 is 5.09. The summed E-state index contributed by atoms with van der Waals surface area (Å²) in [7, 11) is 0. The molecule has 0 aliphatic carbocycles. The van der Waals surface area contributed by atoms with Crippen LogP contribution in [0.4, 0.5) is 0 Å². The summed E-state index contributed by atoms with van der Waals surface area (Å²) in [5, 5.41) is 3.46. The molecule has 0 saturated carbocycles. The first-order chi connectivity index (χ1) is 7.90. The van der Waals surface area contributed by atoms with Crippen LogP contribution in [-0.4, -0.2) is 11.5 Å². The quantitative estimate of drug-likeness (QED) is 0.834. The molecule has 2 heterocycles. The van der Waals surface area contributed by atoms with E-state index >= 15 is 0 Å². The van der Waals surface area contributed by atoms with Crippen molar-refractivity contribution in [1.29, 1.82) is 0 Å². The van der Waals surface area contributed by atoms with E-state index < -0.39 is 0 Å². The van der Waals surface area contributed by atoms with Crippen LogP contribution in [-0.2, 0) is 6.42 Å². The third-order valence-corrected chi connectivity index (χ3v) is 2.56. The van der Waals surface area contributed by atoms with Crippen LogP contribution < -0.4 is 5.32 Å². The second-order valence-corrected chi connectivity index (χ2v) is 3.73. The summed E-state index contributed by atoms with van der Waals surface area (Å²) in [5.74, 6) is 0. The highest BCUT2D eigenvalue weighted by Crippen LogP contribution is 2.17. The van der Waals surface area contributed by atoms with E-state index in [9.17, 15) is 0 Å². The zero-order valence-corrected chi connectivity index (χ0v) is 9.39. The second-order valence-electron chi connectivity index (χ2n) is 3.73. The standard InChI is InChI=1S/C13H16N2O/c1-2-15-13(8-11-5-7-16-10-11)12-4-3-6-14-9-12/h3-7,9-10,13,15H,2,8H2,1H3. The first-order valence-corrected chi connectivity index (χ1v) is 5.54. The van der Waals surface area contributed by atoms with Gasteiger partial charge in [-0.15, -0.1) is 0 Å². The summed E-state index contributed by atoms with van der Waals surface area (Å²) in [6, 6.07) is 6.37. The molecule has 1 atom stereocenters. The maximum Gasteiger partial charge on any atom is 0.0935 e. The average Bonchev–Trinajstić information content (AvgIpc) is 2.83. The van der Waals surface area contributed by atoms with Crippen LogP contribution in [0.15, 0.2) is 47.5 Å². The number of pyridine rings is 1. The highest BCUT2D eigenvalue weighted by atomic mass is 16.3.